The first-order valence-electron chi connectivity index (χ1n) is 3.15. The van der Waals surface area contributed by atoms with Crippen LogP contribution in [0.5, 0.6) is 0 Å². The number of rotatable bonds is 0. The average Bonchev–Trinajstić information content (AvgIpc) is 2.49. The van der Waals surface area contributed by atoms with Gasteiger partial charge in [0.05, 0.1) is 0 Å². The molecular weight excluding hydrogens is 86.1 g/mol. The second-order valence-electron chi connectivity index (χ2n) is 3.30. The summed E-state index contributed by atoms with van der Waals surface area (Å²) < 4.78 is 0. The smallest absolute Gasteiger partial charge is 0.0133 e. The van der Waals surface area contributed by atoms with Crippen molar-refractivity contribution in [1.29, 1.82) is 0 Å². The van der Waals surface area contributed by atoms with Crippen LogP contribution in [-0.2, 0) is 0 Å². The van der Waals surface area contributed by atoms with Crippen LogP contribution in [0.15, 0.2) is 0 Å². The van der Waals surface area contributed by atoms with E-state index in [9.17, 15) is 0 Å². The van der Waals surface area contributed by atoms with Crippen molar-refractivity contribution in [2.45, 2.75) is 18.9 Å². The molecule has 0 radical (unpaired) electrons. The van der Waals surface area contributed by atoms with E-state index in [1.807, 2.05) is 0 Å². The van der Waals surface area contributed by atoms with Gasteiger partial charge in [-0.1, -0.05) is 0 Å². The van der Waals surface area contributed by atoms with Gasteiger partial charge in [-0.05, 0) is 30.7 Å². The number of nitrogens with one attached hydrogen (secondary N) is 1. The minimum Gasteiger partial charge on any atom is -0.313 e. The number of piperidine rings is 2. The zero-order valence-electron chi connectivity index (χ0n) is 4.28. The molecule has 3 fully saturated rings. The third-order valence-electron chi connectivity index (χ3n) is 3.01. The van der Waals surface area contributed by atoms with Crippen LogP contribution in [0.1, 0.15) is 12.8 Å². The van der Waals surface area contributed by atoms with Crippen molar-refractivity contribution in [1.82, 2.24) is 5.32 Å². The molecule has 3 atom stereocenters. The van der Waals surface area contributed by atoms with Gasteiger partial charge in [0.25, 0.3) is 0 Å². The quantitative estimate of drug-likeness (QED) is 0.458. The Morgan fingerprint density at radius 1 is 1.43 bits per heavy atom. The van der Waals surface area contributed by atoms with E-state index in [-0.39, 0.29) is 0 Å². The highest BCUT2D eigenvalue weighted by atomic mass is 15.1. The third kappa shape index (κ3) is 0.177. The van der Waals surface area contributed by atoms with Gasteiger partial charge in [0.1, 0.15) is 0 Å². The summed E-state index contributed by atoms with van der Waals surface area (Å²) in [5.74, 6) is 1.12. The molecule has 1 aliphatic heterocycles. The molecule has 0 bridgehead atoms. The lowest BCUT2D eigenvalue weighted by Crippen LogP contribution is -2.14. The molecule has 0 aromatic carbocycles. The summed E-state index contributed by atoms with van der Waals surface area (Å²) in [6.45, 7) is 1.34. The molecule has 3 aliphatic rings. The first-order valence-corrected chi connectivity index (χ1v) is 3.15. The fourth-order valence-corrected chi connectivity index (χ4v) is 2.23. The van der Waals surface area contributed by atoms with Crippen molar-refractivity contribution in [3.05, 3.63) is 0 Å². The van der Waals surface area contributed by atoms with Crippen LogP contribution in [0.4, 0.5) is 0 Å². The summed E-state index contributed by atoms with van der Waals surface area (Å²) in [6, 6.07) is 0.984. The summed E-state index contributed by atoms with van der Waals surface area (Å²) in [6.07, 6.45) is 3.07. The van der Waals surface area contributed by atoms with Crippen molar-refractivity contribution in [2.75, 3.05) is 6.54 Å². The van der Waals surface area contributed by atoms with Crippen LogP contribution in [0.2, 0.25) is 0 Å². The molecular formula is C6H9N. The molecule has 0 aromatic rings. The van der Waals surface area contributed by atoms with Crippen LogP contribution in [0.3, 0.4) is 0 Å². The Morgan fingerprint density at radius 2 is 2.43 bits per heavy atom. The minimum atomic E-state index is 0.917. The lowest BCUT2D eigenvalue weighted by atomic mass is 10.3. The van der Waals surface area contributed by atoms with Gasteiger partial charge in [0.2, 0.25) is 0 Å². The lowest BCUT2D eigenvalue weighted by molar-refractivity contribution is 0.689. The topological polar surface area (TPSA) is 12.0 Å². The van der Waals surface area contributed by atoms with Gasteiger partial charge in [0.15, 0.2) is 0 Å². The Morgan fingerprint density at radius 3 is 2.57 bits per heavy atom. The van der Waals surface area contributed by atoms with Crippen molar-refractivity contribution < 1.29 is 0 Å². The molecule has 3 unspecified atom stereocenters. The molecule has 3 rings (SSSR count). The maximum absolute atomic E-state index is 3.48. The molecule has 38 valence electrons. The van der Waals surface area contributed by atoms with Gasteiger partial charge in [0, 0.05) is 6.04 Å². The van der Waals surface area contributed by atoms with Gasteiger partial charge in [-0.2, -0.15) is 0 Å². The maximum Gasteiger partial charge on any atom is 0.0133 e. The third-order valence-corrected chi connectivity index (χ3v) is 3.01. The SMILES string of the molecule is C1NC2CC23CC13. The summed E-state index contributed by atoms with van der Waals surface area (Å²) in [4.78, 5) is 0. The van der Waals surface area contributed by atoms with Gasteiger partial charge in [-0.25, -0.2) is 0 Å². The average molecular weight is 95.1 g/mol. The fourth-order valence-electron chi connectivity index (χ4n) is 2.23. The zero-order chi connectivity index (χ0) is 4.48. The molecule has 0 amide bonds. The minimum absolute atomic E-state index is 0.917. The van der Waals surface area contributed by atoms with Crippen molar-refractivity contribution in [3.63, 3.8) is 0 Å². The summed E-state index contributed by atoms with van der Waals surface area (Å²) in [5.41, 5.74) is 0.917. The monoisotopic (exact) mass is 95.1 g/mol. The van der Waals surface area contributed by atoms with Crippen molar-refractivity contribution in [3.8, 4) is 0 Å². The van der Waals surface area contributed by atoms with Crippen LogP contribution >= 0.6 is 0 Å². The first kappa shape index (κ1) is 3.08. The largest absolute Gasteiger partial charge is 0.313 e. The van der Waals surface area contributed by atoms with Crippen LogP contribution < -0.4 is 5.32 Å². The Bertz CT molecular complexity index is 110. The summed E-state index contributed by atoms with van der Waals surface area (Å²) in [7, 11) is 0. The van der Waals surface area contributed by atoms with E-state index < -0.39 is 0 Å². The standard InChI is InChI=1S/C6H9N/c1-4-3-7-5-2-6(1,4)5/h4-5,7H,1-3H2. The molecule has 1 saturated heterocycles. The second kappa shape index (κ2) is 0.576. The molecule has 1 N–H and O–H groups in total. The molecule has 0 aromatic heterocycles. The lowest BCUT2D eigenvalue weighted by Gasteiger charge is -1.90. The normalized spacial score (nSPS) is 72.0. The molecule has 2 saturated carbocycles. The molecule has 1 spiro atoms. The van der Waals surface area contributed by atoms with E-state index in [1.165, 1.54) is 13.0 Å². The van der Waals surface area contributed by atoms with Crippen LogP contribution in [-0.4, -0.2) is 12.6 Å². The molecule has 1 heterocycles. The van der Waals surface area contributed by atoms with Gasteiger partial charge >= 0.3 is 0 Å². The van der Waals surface area contributed by atoms with Crippen LogP contribution in [0, 0.1) is 11.3 Å². The van der Waals surface area contributed by atoms with E-state index >= 15 is 0 Å². The highest BCUT2D eigenvalue weighted by Crippen LogP contribution is 2.73. The Hall–Kier alpha value is -0.0400. The fraction of sp³-hybridized carbons (Fsp3) is 1.00. The van der Waals surface area contributed by atoms with Gasteiger partial charge in [-0.3, -0.25) is 0 Å². The van der Waals surface area contributed by atoms with E-state index in [0.717, 1.165) is 17.4 Å². The second-order valence-corrected chi connectivity index (χ2v) is 3.30. The first-order chi connectivity index (χ1) is 3.42. The summed E-state index contributed by atoms with van der Waals surface area (Å²) in [5, 5.41) is 3.48. The molecule has 1 nitrogen and oxygen atoms in total. The zero-order valence-corrected chi connectivity index (χ0v) is 4.28. The molecule has 1 heteroatoms. The van der Waals surface area contributed by atoms with Crippen molar-refractivity contribution >= 4 is 0 Å². The predicted octanol–water partition coefficient (Wildman–Crippen LogP) is 0.368. The predicted molar refractivity (Wildman–Crippen MR) is 26.9 cm³/mol. The van der Waals surface area contributed by atoms with E-state index in [4.69, 9.17) is 0 Å². The van der Waals surface area contributed by atoms with E-state index in [2.05, 4.69) is 5.32 Å². The highest BCUT2D eigenvalue weighted by Gasteiger charge is 2.73. The van der Waals surface area contributed by atoms with E-state index in [1.54, 1.807) is 6.42 Å². The van der Waals surface area contributed by atoms with Gasteiger partial charge in [-0.15, -0.1) is 0 Å². The molecule has 7 heavy (non-hydrogen) atoms. The Labute approximate surface area is 43.1 Å². The van der Waals surface area contributed by atoms with Gasteiger partial charge < -0.3 is 5.32 Å². The Kier molecular flexibility index (Phi) is 0.253. The summed E-state index contributed by atoms with van der Waals surface area (Å²) >= 11 is 0. The maximum atomic E-state index is 3.48. The number of hydrogen-bond donors (Lipinski definition) is 1. The molecule has 2 aliphatic carbocycles. The van der Waals surface area contributed by atoms with Crippen LogP contribution in [0.25, 0.3) is 0 Å². The Balaban J connectivity index is 2.12. The van der Waals surface area contributed by atoms with Crippen molar-refractivity contribution in [2.24, 2.45) is 11.3 Å². The number of hydrogen-bond acceptors (Lipinski definition) is 1. The highest BCUT2D eigenvalue weighted by molar-refractivity contribution is 5.27. The van der Waals surface area contributed by atoms with E-state index in [0.29, 0.717) is 0 Å².